The molecule has 2 bridgehead atoms. The summed E-state index contributed by atoms with van der Waals surface area (Å²) in [6.45, 7) is 0. The van der Waals surface area contributed by atoms with Gasteiger partial charge in [0.2, 0.25) is 0 Å². The molecule has 1 heterocycles. The highest BCUT2D eigenvalue weighted by Gasteiger charge is 2.62. The third kappa shape index (κ3) is 2.15. The highest BCUT2D eigenvalue weighted by Crippen LogP contribution is 2.60. The van der Waals surface area contributed by atoms with E-state index in [-0.39, 0.29) is 23.7 Å². The molecule has 30 heavy (non-hydrogen) atoms. The van der Waals surface area contributed by atoms with Gasteiger partial charge < -0.3 is 0 Å². The lowest BCUT2D eigenvalue weighted by Crippen LogP contribution is -2.46. The van der Waals surface area contributed by atoms with E-state index < -0.39 is 17.7 Å². The number of hydrazine groups is 1. The van der Waals surface area contributed by atoms with E-state index >= 15 is 0 Å². The van der Waals surface area contributed by atoms with E-state index in [9.17, 15) is 14.4 Å². The van der Waals surface area contributed by atoms with Crippen LogP contribution in [0.2, 0.25) is 0 Å². The van der Waals surface area contributed by atoms with Crippen molar-refractivity contribution in [3.05, 3.63) is 107 Å². The monoisotopic (exact) mass is 394 g/mol. The summed E-state index contributed by atoms with van der Waals surface area (Å²) in [5.41, 5.74) is 7.42. The molecular formula is C25H18N2O3. The first-order valence-corrected chi connectivity index (χ1v) is 10.1. The zero-order valence-electron chi connectivity index (χ0n) is 16.0. The summed E-state index contributed by atoms with van der Waals surface area (Å²) < 4.78 is 0. The molecule has 4 aliphatic rings. The van der Waals surface area contributed by atoms with Crippen LogP contribution in [0.1, 0.15) is 44.4 Å². The van der Waals surface area contributed by atoms with Crippen LogP contribution < -0.4 is 5.43 Å². The lowest BCUT2D eigenvalue weighted by atomic mass is 9.55. The molecule has 3 amide bonds. The Hall–Kier alpha value is -3.73. The third-order valence-corrected chi connectivity index (χ3v) is 6.70. The number of imide groups is 1. The largest absolute Gasteiger partial charge is 0.272 e. The van der Waals surface area contributed by atoms with Crippen molar-refractivity contribution in [1.29, 1.82) is 0 Å². The molecular weight excluding hydrogens is 376 g/mol. The lowest BCUT2D eigenvalue weighted by molar-refractivity contribution is -0.142. The van der Waals surface area contributed by atoms with Crippen LogP contribution in [0.15, 0.2) is 78.9 Å². The summed E-state index contributed by atoms with van der Waals surface area (Å²) >= 11 is 0. The van der Waals surface area contributed by atoms with Crippen molar-refractivity contribution in [2.75, 3.05) is 0 Å². The Bertz CT molecular complexity index is 1100. The highest BCUT2D eigenvalue weighted by atomic mass is 16.2. The molecule has 7 rings (SSSR count). The molecule has 3 aromatic rings. The Morgan fingerprint density at radius 1 is 0.633 bits per heavy atom. The predicted octanol–water partition coefficient (Wildman–Crippen LogP) is 3.22. The second kappa shape index (κ2) is 6.13. The predicted molar refractivity (Wildman–Crippen MR) is 109 cm³/mol. The normalized spacial score (nSPS) is 25.5. The van der Waals surface area contributed by atoms with Crippen molar-refractivity contribution in [2.45, 2.75) is 11.8 Å². The fraction of sp³-hybridized carbons (Fsp3) is 0.160. The van der Waals surface area contributed by atoms with E-state index in [1.807, 2.05) is 30.3 Å². The van der Waals surface area contributed by atoms with Crippen molar-refractivity contribution >= 4 is 17.7 Å². The second-order valence-corrected chi connectivity index (χ2v) is 8.08. The molecule has 2 unspecified atom stereocenters. The fourth-order valence-electron chi connectivity index (χ4n) is 5.54. The zero-order chi connectivity index (χ0) is 20.4. The molecule has 0 aromatic heterocycles. The van der Waals surface area contributed by atoms with Crippen LogP contribution in [0.5, 0.6) is 0 Å². The Morgan fingerprint density at radius 3 is 1.47 bits per heavy atom. The standard InChI is InChI=1S/C25H18N2O3/c28-23(14-8-2-1-3-9-14)26-27-24(29)21-19-15-10-4-5-11-16(15)20(22(21)25(27)30)18-13-7-6-12-17(18)19/h1-13,19-22H,(H,26,28). The summed E-state index contributed by atoms with van der Waals surface area (Å²) in [5.74, 6) is -2.46. The number of rotatable bonds is 2. The molecule has 1 aliphatic heterocycles. The Balaban J connectivity index is 1.44. The minimum absolute atomic E-state index is 0.178. The summed E-state index contributed by atoms with van der Waals surface area (Å²) in [6.07, 6.45) is 0. The number of hydrogen-bond acceptors (Lipinski definition) is 3. The van der Waals surface area contributed by atoms with Gasteiger partial charge in [-0.1, -0.05) is 66.7 Å². The van der Waals surface area contributed by atoms with Crippen LogP contribution in [-0.2, 0) is 9.59 Å². The maximum Gasteiger partial charge on any atom is 0.270 e. The van der Waals surface area contributed by atoms with Gasteiger partial charge in [-0.2, -0.15) is 5.01 Å². The van der Waals surface area contributed by atoms with Gasteiger partial charge in [-0.05, 0) is 34.4 Å². The maximum absolute atomic E-state index is 13.4. The van der Waals surface area contributed by atoms with Crippen LogP contribution >= 0.6 is 0 Å². The highest BCUT2D eigenvalue weighted by molar-refractivity contribution is 6.09. The molecule has 0 spiro atoms. The summed E-state index contributed by atoms with van der Waals surface area (Å²) in [6, 6.07) is 24.8. The van der Waals surface area contributed by atoms with E-state index in [1.54, 1.807) is 24.3 Å². The SMILES string of the molecule is O=C(NN1C(=O)C2C3c4ccccc4C(c4ccccc43)C2C1=O)c1ccccc1. The first-order chi connectivity index (χ1) is 14.7. The average molecular weight is 394 g/mol. The molecule has 5 nitrogen and oxygen atoms in total. The topological polar surface area (TPSA) is 66.5 Å². The lowest BCUT2D eigenvalue weighted by Gasteiger charge is -2.45. The van der Waals surface area contributed by atoms with Crippen molar-refractivity contribution in [1.82, 2.24) is 10.4 Å². The molecule has 146 valence electrons. The van der Waals surface area contributed by atoms with Gasteiger partial charge in [0.15, 0.2) is 0 Å². The van der Waals surface area contributed by atoms with E-state index in [2.05, 4.69) is 29.7 Å². The number of nitrogens with zero attached hydrogens (tertiary/aromatic N) is 1. The first kappa shape index (κ1) is 17.2. The minimum atomic E-state index is -0.497. The van der Waals surface area contributed by atoms with Crippen LogP contribution in [0.4, 0.5) is 0 Å². The molecule has 3 aromatic carbocycles. The van der Waals surface area contributed by atoms with Crippen molar-refractivity contribution in [3.8, 4) is 0 Å². The third-order valence-electron chi connectivity index (χ3n) is 6.70. The van der Waals surface area contributed by atoms with E-state index in [0.717, 1.165) is 27.3 Å². The number of benzene rings is 3. The average Bonchev–Trinajstić information content (AvgIpc) is 3.05. The van der Waals surface area contributed by atoms with Gasteiger partial charge in [0.05, 0.1) is 11.8 Å². The van der Waals surface area contributed by atoms with Gasteiger partial charge >= 0.3 is 0 Å². The van der Waals surface area contributed by atoms with E-state index in [0.29, 0.717) is 5.56 Å². The molecule has 1 saturated heterocycles. The molecule has 0 saturated carbocycles. The smallest absolute Gasteiger partial charge is 0.270 e. The molecule has 0 radical (unpaired) electrons. The van der Waals surface area contributed by atoms with Gasteiger partial charge in [0.1, 0.15) is 0 Å². The van der Waals surface area contributed by atoms with Gasteiger partial charge in [-0.15, -0.1) is 0 Å². The second-order valence-electron chi connectivity index (χ2n) is 8.08. The van der Waals surface area contributed by atoms with Gasteiger partial charge in [-0.25, -0.2) is 0 Å². The number of carbonyl (C=O) groups excluding carboxylic acids is 3. The summed E-state index contributed by atoms with van der Waals surface area (Å²) in [7, 11) is 0. The fourth-order valence-corrected chi connectivity index (χ4v) is 5.54. The zero-order valence-corrected chi connectivity index (χ0v) is 16.0. The van der Waals surface area contributed by atoms with Crippen molar-refractivity contribution < 1.29 is 14.4 Å². The first-order valence-electron chi connectivity index (χ1n) is 10.1. The molecule has 1 fully saturated rings. The van der Waals surface area contributed by atoms with E-state index in [1.165, 1.54) is 0 Å². The van der Waals surface area contributed by atoms with Gasteiger partial charge in [0, 0.05) is 17.4 Å². The number of amides is 3. The van der Waals surface area contributed by atoms with Crippen molar-refractivity contribution in [2.24, 2.45) is 11.8 Å². The maximum atomic E-state index is 13.4. The van der Waals surface area contributed by atoms with Gasteiger partial charge in [0.25, 0.3) is 17.7 Å². The van der Waals surface area contributed by atoms with Crippen molar-refractivity contribution in [3.63, 3.8) is 0 Å². The quantitative estimate of drug-likeness (QED) is 0.679. The molecule has 1 N–H and O–H groups in total. The molecule has 2 atom stereocenters. The van der Waals surface area contributed by atoms with E-state index in [4.69, 9.17) is 0 Å². The molecule has 5 heteroatoms. The number of carbonyl (C=O) groups is 3. The Labute approximate surface area is 173 Å². The Kier molecular flexibility index (Phi) is 3.51. The number of nitrogens with one attached hydrogen (secondary N) is 1. The van der Waals surface area contributed by atoms with Gasteiger partial charge in [-0.3, -0.25) is 19.8 Å². The van der Waals surface area contributed by atoms with Crippen LogP contribution in [0, 0.1) is 11.8 Å². The van der Waals surface area contributed by atoms with Crippen LogP contribution in [0.3, 0.4) is 0 Å². The minimum Gasteiger partial charge on any atom is -0.272 e. The van der Waals surface area contributed by atoms with Crippen LogP contribution in [-0.4, -0.2) is 22.7 Å². The summed E-state index contributed by atoms with van der Waals surface area (Å²) in [5, 5.41) is 0.961. The molecule has 3 aliphatic carbocycles. The number of hydrogen-bond donors (Lipinski definition) is 1. The van der Waals surface area contributed by atoms with Crippen LogP contribution in [0.25, 0.3) is 0 Å². The summed E-state index contributed by atoms with van der Waals surface area (Å²) in [4.78, 5) is 39.5. The Morgan fingerprint density at radius 2 is 1.03 bits per heavy atom.